The number of hydrogen-bond acceptors (Lipinski definition) is 5. The largest absolute Gasteiger partial charge is 0.478 e. The van der Waals surface area contributed by atoms with Gasteiger partial charge in [-0.25, -0.2) is 13.6 Å². The summed E-state index contributed by atoms with van der Waals surface area (Å²) in [6.45, 7) is 7.48. The van der Waals surface area contributed by atoms with Crippen LogP contribution in [0.2, 0.25) is 5.02 Å². The van der Waals surface area contributed by atoms with E-state index in [0.717, 1.165) is 41.0 Å². The van der Waals surface area contributed by atoms with E-state index in [-0.39, 0.29) is 38.9 Å². The molecule has 1 atom stereocenters. The van der Waals surface area contributed by atoms with Gasteiger partial charge in [0.15, 0.2) is 17.4 Å². The average Bonchev–Trinajstić information content (AvgIpc) is 3.65. The average molecular weight is 774 g/mol. The fourth-order valence-corrected chi connectivity index (χ4v) is 6.67. The fourth-order valence-electron chi connectivity index (χ4n) is 5.87. The van der Waals surface area contributed by atoms with E-state index in [9.17, 15) is 9.90 Å². The molecule has 0 aliphatic rings. The first-order valence-corrected chi connectivity index (χ1v) is 16.5. The van der Waals surface area contributed by atoms with Crippen molar-refractivity contribution in [3.63, 3.8) is 0 Å². The molecule has 4 N–H and O–H groups in total. The molecule has 5 rings (SSSR count). The van der Waals surface area contributed by atoms with Gasteiger partial charge in [0.25, 0.3) is 0 Å². The first kappa shape index (κ1) is 34.5. The van der Waals surface area contributed by atoms with Gasteiger partial charge in [-0.15, -0.1) is 10.2 Å². The number of aromatic amines is 2. The van der Waals surface area contributed by atoms with E-state index >= 15 is 8.78 Å². The molecule has 47 heavy (non-hydrogen) atoms. The Morgan fingerprint density at radius 3 is 2.62 bits per heavy atom. The third-order valence-electron chi connectivity index (χ3n) is 8.33. The number of aliphatic carboxylic acids is 1. The van der Waals surface area contributed by atoms with Crippen LogP contribution in [0, 0.1) is 20.6 Å². The summed E-state index contributed by atoms with van der Waals surface area (Å²) in [6, 6.07) is 13.4. The van der Waals surface area contributed by atoms with Crippen molar-refractivity contribution in [3.05, 3.63) is 98.0 Å². The number of rotatable bonds is 13. The zero-order valence-electron chi connectivity index (χ0n) is 26.3. The van der Waals surface area contributed by atoms with Crippen LogP contribution < -0.4 is 10.1 Å². The molecule has 2 aromatic heterocycles. The first-order chi connectivity index (χ1) is 22.3. The molecule has 0 bridgehead atoms. The smallest absolute Gasteiger partial charge is 0.328 e. The van der Waals surface area contributed by atoms with Crippen molar-refractivity contribution < 1.29 is 23.4 Å². The van der Waals surface area contributed by atoms with Gasteiger partial charge in [-0.05, 0) is 103 Å². The predicted octanol–water partition coefficient (Wildman–Crippen LogP) is 9.10. The van der Waals surface area contributed by atoms with E-state index in [1.165, 1.54) is 36.5 Å². The Balaban J connectivity index is 1.51. The molecule has 8 nitrogen and oxygen atoms in total. The summed E-state index contributed by atoms with van der Waals surface area (Å²) < 4.78 is 37.8. The molecule has 0 saturated heterocycles. The van der Waals surface area contributed by atoms with Crippen molar-refractivity contribution in [1.29, 1.82) is 0 Å². The highest BCUT2D eigenvalue weighted by molar-refractivity contribution is 14.1. The summed E-state index contributed by atoms with van der Waals surface area (Å²) in [5.74, 6) is -1.97. The van der Waals surface area contributed by atoms with Gasteiger partial charge < -0.3 is 25.1 Å². The van der Waals surface area contributed by atoms with Crippen molar-refractivity contribution in [3.8, 4) is 22.9 Å². The van der Waals surface area contributed by atoms with Gasteiger partial charge in [0.05, 0.1) is 21.5 Å². The second kappa shape index (κ2) is 14.1. The van der Waals surface area contributed by atoms with E-state index in [4.69, 9.17) is 16.3 Å². The first-order valence-electron chi connectivity index (χ1n) is 15.0. The van der Waals surface area contributed by atoms with E-state index in [0.29, 0.717) is 16.7 Å². The Morgan fingerprint density at radius 2 is 1.89 bits per heavy atom. The Labute approximate surface area is 290 Å². The molecule has 0 fully saturated rings. The lowest BCUT2D eigenvalue weighted by atomic mass is 9.75. The predicted molar refractivity (Wildman–Crippen MR) is 189 cm³/mol. The van der Waals surface area contributed by atoms with Gasteiger partial charge in [-0.1, -0.05) is 44.0 Å². The topological polar surface area (TPSA) is 116 Å². The van der Waals surface area contributed by atoms with Crippen LogP contribution in [0.15, 0.2) is 60.8 Å². The lowest BCUT2D eigenvalue weighted by Gasteiger charge is -2.30. The molecule has 0 aliphatic carbocycles. The second-order valence-electron chi connectivity index (χ2n) is 12.5. The minimum absolute atomic E-state index is 0.0742. The number of halogens is 4. The van der Waals surface area contributed by atoms with Gasteiger partial charge in [-0.3, -0.25) is 0 Å². The molecule has 12 heteroatoms. The van der Waals surface area contributed by atoms with Crippen molar-refractivity contribution in [1.82, 2.24) is 25.5 Å². The van der Waals surface area contributed by atoms with E-state index < -0.39 is 23.0 Å². The fraction of sp³-hybridized carbons (Fsp3) is 0.286. The highest BCUT2D eigenvalue weighted by Crippen LogP contribution is 2.41. The van der Waals surface area contributed by atoms with Gasteiger partial charge >= 0.3 is 5.97 Å². The minimum atomic E-state index is -1.23. The van der Waals surface area contributed by atoms with Crippen LogP contribution in [0.4, 0.5) is 8.78 Å². The molecule has 0 radical (unpaired) electrons. The molecule has 0 amide bonds. The number of ether oxygens (including phenoxy) is 1. The number of nitrogens with one attached hydrogen (secondary N) is 3. The van der Waals surface area contributed by atoms with Gasteiger partial charge in [0.2, 0.25) is 0 Å². The van der Waals surface area contributed by atoms with Gasteiger partial charge in [-0.2, -0.15) is 0 Å². The summed E-state index contributed by atoms with van der Waals surface area (Å²) >= 11 is 8.63. The maximum absolute atomic E-state index is 15.4. The maximum atomic E-state index is 15.4. The number of H-pyrrole nitrogens is 2. The number of aromatic nitrogens is 4. The van der Waals surface area contributed by atoms with Crippen LogP contribution in [-0.4, -0.2) is 44.8 Å². The van der Waals surface area contributed by atoms with E-state index in [1.807, 2.05) is 19.2 Å². The number of fused-ring (bicyclic) bond motifs is 1. The molecule has 5 aromatic rings. The normalized spacial score (nSPS) is 13.4. The molecule has 3 aromatic carbocycles. The Morgan fingerprint density at radius 1 is 1.11 bits per heavy atom. The van der Waals surface area contributed by atoms with Crippen LogP contribution in [0.25, 0.3) is 28.4 Å². The van der Waals surface area contributed by atoms with Gasteiger partial charge in [0, 0.05) is 32.9 Å². The number of hydrogen-bond donors (Lipinski definition) is 4. The van der Waals surface area contributed by atoms with Crippen LogP contribution in [0.5, 0.6) is 11.5 Å². The van der Waals surface area contributed by atoms with Crippen molar-refractivity contribution >= 4 is 57.1 Å². The lowest BCUT2D eigenvalue weighted by molar-refractivity contribution is -0.131. The standard InChI is InChI=1S/C35H35ClF2IN5O3/c1-34(2,19-40-4)13-6-14-35(3,20-7-5-8-21(39)15-20)33-42-32(43-44-33)24-16-22(9-11-26(24)37)47-31-23(10-12-29(45)46)30-25(36)18-41-28(30)17-27(31)38/h5,7-12,15-18,40-41H,6,13-14,19H2,1-4H3,(H,45,46)(H,42,43,44)/b12-10+. The summed E-state index contributed by atoms with van der Waals surface area (Å²) in [5.41, 5.74) is 1.18. The Bertz CT molecular complexity index is 1960. The van der Waals surface area contributed by atoms with Crippen LogP contribution in [0.3, 0.4) is 0 Å². The summed E-state index contributed by atoms with van der Waals surface area (Å²) in [6.07, 6.45) is 6.23. The van der Waals surface area contributed by atoms with Crippen molar-refractivity contribution in [2.45, 2.75) is 45.4 Å². The highest BCUT2D eigenvalue weighted by Gasteiger charge is 2.34. The van der Waals surface area contributed by atoms with E-state index in [1.54, 1.807) is 0 Å². The molecule has 0 spiro atoms. The number of carbonyl (C=O) groups is 1. The zero-order valence-corrected chi connectivity index (χ0v) is 29.3. The monoisotopic (exact) mass is 773 g/mol. The summed E-state index contributed by atoms with van der Waals surface area (Å²) in [7, 11) is 1.95. The maximum Gasteiger partial charge on any atom is 0.328 e. The van der Waals surface area contributed by atoms with Crippen LogP contribution in [-0.2, 0) is 10.2 Å². The Hall–Kier alpha value is -3.81. The molecule has 0 saturated carbocycles. The molecule has 246 valence electrons. The SMILES string of the molecule is CNCC(C)(C)CCCC(C)(c1cccc(I)c1)c1nnc(-c2cc(Oc3c(F)cc4[nH]cc(Cl)c4c3/C=C/C(=O)O)ccc2F)[nH]1. The number of carboxylic acids is 1. The number of carboxylic acid groups (broad SMARTS) is 1. The summed E-state index contributed by atoms with van der Waals surface area (Å²) in [4.78, 5) is 17.4. The third kappa shape index (κ3) is 7.68. The van der Waals surface area contributed by atoms with Crippen LogP contribution >= 0.6 is 34.2 Å². The van der Waals surface area contributed by atoms with Crippen molar-refractivity contribution in [2.24, 2.45) is 5.41 Å². The second-order valence-corrected chi connectivity index (χ2v) is 14.1. The molecule has 2 heterocycles. The van der Waals surface area contributed by atoms with E-state index in [2.05, 4.69) is 81.0 Å². The van der Waals surface area contributed by atoms with Gasteiger partial charge in [0.1, 0.15) is 17.4 Å². The lowest BCUT2D eigenvalue weighted by Crippen LogP contribution is -2.29. The molecule has 0 aliphatic heterocycles. The molecular formula is C35H35ClF2IN5O3. The quantitative estimate of drug-likeness (QED) is 0.0701. The van der Waals surface area contributed by atoms with Crippen molar-refractivity contribution in [2.75, 3.05) is 13.6 Å². The number of nitrogens with zero attached hydrogens (tertiary/aromatic N) is 2. The summed E-state index contributed by atoms with van der Waals surface area (Å²) in [5, 5.41) is 22.0. The zero-order chi connectivity index (χ0) is 33.9. The molecular weight excluding hydrogens is 739 g/mol. The minimum Gasteiger partial charge on any atom is -0.478 e. The highest BCUT2D eigenvalue weighted by atomic mass is 127. The van der Waals surface area contributed by atoms with Crippen LogP contribution in [0.1, 0.15) is 57.0 Å². The third-order valence-corrected chi connectivity index (χ3v) is 9.30. The molecule has 1 unspecified atom stereocenters. The number of benzene rings is 3. The Kier molecular flexibility index (Phi) is 10.4.